The zero-order chi connectivity index (χ0) is 27.1. The van der Waals surface area contributed by atoms with Gasteiger partial charge in [0.15, 0.2) is 10.6 Å². The minimum Gasteiger partial charge on any atom is -0.612 e. The monoisotopic (exact) mass is 543 g/mol. The highest BCUT2D eigenvalue weighted by Crippen LogP contribution is 2.51. The number of halogens is 3. The van der Waals surface area contributed by atoms with Gasteiger partial charge in [-0.05, 0) is 65.0 Å². The van der Waals surface area contributed by atoms with Gasteiger partial charge in [0.05, 0.1) is 0 Å². The molecule has 1 aliphatic heterocycles. The number of hydrogen-bond acceptors (Lipinski definition) is 5. The Morgan fingerprint density at radius 2 is 1.87 bits per heavy atom. The molecule has 1 fully saturated rings. The molecular weight excluding hydrogens is 515 g/mol. The van der Waals surface area contributed by atoms with E-state index in [2.05, 4.69) is 20.6 Å². The van der Waals surface area contributed by atoms with Crippen molar-refractivity contribution in [3.05, 3.63) is 65.5 Å². The van der Waals surface area contributed by atoms with Gasteiger partial charge in [0.25, 0.3) is 0 Å². The number of carbonyl (C=O) groups is 1. The fourth-order valence-electron chi connectivity index (χ4n) is 5.50. The average molecular weight is 544 g/mol. The van der Waals surface area contributed by atoms with Crippen LogP contribution in [0.4, 0.5) is 29.6 Å². The molecule has 1 spiro atoms. The normalized spacial score (nSPS) is 16.9. The largest absolute Gasteiger partial charge is 0.612 e. The van der Waals surface area contributed by atoms with Crippen molar-refractivity contribution in [1.29, 1.82) is 0 Å². The molecule has 2 aliphatic rings. The SMILES string of the molecule is CNc1ncc(-c2ccc3c(c2)C2(CCCC2)CN3C(=O)NCc2ccc([S+](C)[O-])cc2)c(C(F)(F)F)n1. The van der Waals surface area contributed by atoms with Gasteiger partial charge in [0.2, 0.25) is 5.95 Å². The van der Waals surface area contributed by atoms with Gasteiger partial charge in [0, 0.05) is 43.0 Å². The van der Waals surface area contributed by atoms with E-state index in [1.54, 1.807) is 41.5 Å². The molecule has 38 heavy (non-hydrogen) atoms. The number of rotatable bonds is 5. The van der Waals surface area contributed by atoms with Gasteiger partial charge in [-0.15, -0.1) is 0 Å². The molecule has 0 radical (unpaired) electrons. The third-order valence-corrected chi connectivity index (χ3v) is 8.35. The predicted octanol–water partition coefficient (Wildman–Crippen LogP) is 5.48. The van der Waals surface area contributed by atoms with Gasteiger partial charge >= 0.3 is 12.2 Å². The quantitative estimate of drug-likeness (QED) is 0.416. The van der Waals surface area contributed by atoms with E-state index in [0.717, 1.165) is 36.8 Å². The predicted molar refractivity (Wildman–Crippen MR) is 141 cm³/mol. The zero-order valence-corrected chi connectivity index (χ0v) is 21.9. The lowest BCUT2D eigenvalue weighted by atomic mass is 9.80. The Bertz CT molecular complexity index is 1340. The van der Waals surface area contributed by atoms with Crippen LogP contribution in [0.5, 0.6) is 0 Å². The van der Waals surface area contributed by atoms with Crippen LogP contribution in [0.25, 0.3) is 11.1 Å². The topological polar surface area (TPSA) is 93.2 Å². The summed E-state index contributed by atoms with van der Waals surface area (Å²) >= 11 is -1.08. The molecule has 2 amide bonds. The van der Waals surface area contributed by atoms with Gasteiger partial charge in [-0.1, -0.05) is 31.0 Å². The van der Waals surface area contributed by atoms with Crippen molar-refractivity contribution in [1.82, 2.24) is 15.3 Å². The molecule has 0 bridgehead atoms. The minimum absolute atomic E-state index is 0.0909. The van der Waals surface area contributed by atoms with Gasteiger partial charge in [0.1, 0.15) is 6.26 Å². The van der Waals surface area contributed by atoms with Crippen molar-refractivity contribution in [2.75, 3.05) is 30.1 Å². The van der Waals surface area contributed by atoms with Gasteiger partial charge in [-0.3, -0.25) is 4.90 Å². The first-order valence-corrected chi connectivity index (χ1v) is 13.9. The molecule has 2 heterocycles. The summed E-state index contributed by atoms with van der Waals surface area (Å²) < 4.78 is 53.3. The molecule has 200 valence electrons. The number of carbonyl (C=O) groups excluding carboxylic acids is 1. The van der Waals surface area contributed by atoms with Crippen LogP contribution in [0.2, 0.25) is 0 Å². The van der Waals surface area contributed by atoms with E-state index in [1.807, 2.05) is 12.1 Å². The molecule has 0 saturated heterocycles. The molecule has 1 saturated carbocycles. The van der Waals surface area contributed by atoms with E-state index in [-0.39, 0.29) is 23.0 Å². The molecule has 1 unspecified atom stereocenters. The van der Waals surface area contributed by atoms with Gasteiger partial charge in [-0.2, -0.15) is 13.2 Å². The summed E-state index contributed by atoms with van der Waals surface area (Å²) in [6, 6.07) is 12.1. The molecule has 7 nitrogen and oxygen atoms in total. The number of alkyl halides is 3. The van der Waals surface area contributed by atoms with Crippen LogP contribution in [0.1, 0.15) is 42.5 Å². The lowest BCUT2D eigenvalue weighted by Gasteiger charge is -2.25. The van der Waals surface area contributed by atoms with E-state index < -0.39 is 23.0 Å². The van der Waals surface area contributed by atoms with Crippen molar-refractivity contribution in [3.63, 3.8) is 0 Å². The Labute approximate surface area is 222 Å². The minimum atomic E-state index is -4.65. The Morgan fingerprint density at radius 1 is 1.16 bits per heavy atom. The third-order valence-electron chi connectivity index (χ3n) is 7.42. The highest BCUT2D eigenvalue weighted by molar-refractivity contribution is 7.90. The summed E-state index contributed by atoms with van der Waals surface area (Å²) in [6.45, 7) is 0.781. The fourth-order valence-corrected chi connectivity index (χ4v) is 6.02. The zero-order valence-electron chi connectivity index (χ0n) is 21.1. The molecule has 1 aliphatic carbocycles. The number of hydrogen-bond donors (Lipinski definition) is 2. The smallest absolute Gasteiger partial charge is 0.434 e. The first-order chi connectivity index (χ1) is 18.1. The van der Waals surface area contributed by atoms with Crippen LogP contribution in [0.3, 0.4) is 0 Å². The van der Waals surface area contributed by atoms with E-state index in [1.165, 1.54) is 13.2 Å². The molecule has 2 N–H and O–H groups in total. The van der Waals surface area contributed by atoms with Crippen LogP contribution in [0.15, 0.2) is 53.6 Å². The number of nitrogens with one attached hydrogen (secondary N) is 2. The van der Waals surface area contributed by atoms with E-state index in [0.29, 0.717) is 29.2 Å². The molecule has 11 heteroatoms. The van der Waals surface area contributed by atoms with Crippen molar-refractivity contribution < 1.29 is 22.5 Å². The summed E-state index contributed by atoms with van der Waals surface area (Å²) in [6.07, 6.45) is 1.89. The molecule has 1 aromatic heterocycles. The van der Waals surface area contributed by atoms with Crippen molar-refractivity contribution in [3.8, 4) is 11.1 Å². The van der Waals surface area contributed by atoms with Crippen molar-refractivity contribution in [2.24, 2.45) is 0 Å². The Morgan fingerprint density at radius 3 is 2.50 bits per heavy atom. The fraction of sp³-hybridized carbons (Fsp3) is 0.370. The summed E-state index contributed by atoms with van der Waals surface area (Å²) in [5, 5.41) is 5.52. The van der Waals surface area contributed by atoms with Crippen LogP contribution in [-0.4, -0.2) is 40.4 Å². The highest BCUT2D eigenvalue weighted by Gasteiger charge is 2.46. The van der Waals surface area contributed by atoms with Crippen molar-refractivity contribution in [2.45, 2.75) is 48.7 Å². The number of anilines is 2. The Balaban J connectivity index is 1.45. The van der Waals surface area contributed by atoms with E-state index in [4.69, 9.17) is 0 Å². The van der Waals surface area contributed by atoms with Crippen LogP contribution >= 0.6 is 0 Å². The number of urea groups is 1. The maximum atomic E-state index is 13.9. The number of benzene rings is 2. The third kappa shape index (κ3) is 4.92. The first-order valence-electron chi connectivity index (χ1n) is 12.4. The molecule has 5 rings (SSSR count). The Kier molecular flexibility index (Phi) is 6.99. The maximum Gasteiger partial charge on any atom is 0.434 e. The summed E-state index contributed by atoms with van der Waals surface area (Å²) in [4.78, 5) is 23.4. The van der Waals surface area contributed by atoms with Crippen LogP contribution in [-0.2, 0) is 29.3 Å². The standard InChI is InChI=1S/C27H28F3N5O2S/c1-31-24-32-15-20(23(34-24)27(28,29)30)18-7-10-22-21(13-18)26(11-3-4-12-26)16-35(22)25(36)33-14-17-5-8-19(9-6-17)38(2)37/h5-10,13,15H,3-4,11-12,14,16H2,1-2H3,(H,33,36)(H,31,32,34). The second kappa shape index (κ2) is 10.1. The lowest BCUT2D eigenvalue weighted by molar-refractivity contribution is -0.140. The number of aromatic nitrogens is 2. The molecule has 1 atom stereocenters. The molecule has 2 aromatic carbocycles. The maximum absolute atomic E-state index is 13.9. The second-order valence-electron chi connectivity index (χ2n) is 9.77. The molecular formula is C27H28F3N5O2S. The Hall–Kier alpha value is -3.31. The second-order valence-corrected chi connectivity index (χ2v) is 11.1. The van der Waals surface area contributed by atoms with Crippen LogP contribution in [0, 0.1) is 0 Å². The highest BCUT2D eigenvalue weighted by atomic mass is 32.2. The lowest BCUT2D eigenvalue weighted by Crippen LogP contribution is -2.41. The van der Waals surface area contributed by atoms with Crippen molar-refractivity contribution >= 4 is 28.8 Å². The first kappa shape index (κ1) is 26.3. The number of nitrogens with zero attached hydrogens (tertiary/aromatic N) is 3. The summed E-state index contributed by atoms with van der Waals surface area (Å²) in [5.74, 6) is -0.102. The van der Waals surface area contributed by atoms with E-state index in [9.17, 15) is 22.5 Å². The number of amides is 2. The van der Waals surface area contributed by atoms with Crippen LogP contribution < -0.4 is 15.5 Å². The summed E-state index contributed by atoms with van der Waals surface area (Å²) in [7, 11) is 1.47. The van der Waals surface area contributed by atoms with E-state index >= 15 is 0 Å². The number of fused-ring (bicyclic) bond motifs is 2. The van der Waals surface area contributed by atoms with Gasteiger partial charge < -0.3 is 15.2 Å². The average Bonchev–Trinajstić information content (AvgIpc) is 3.51. The summed E-state index contributed by atoms with van der Waals surface area (Å²) in [5.41, 5.74) is 1.48. The molecule has 3 aromatic rings. The van der Waals surface area contributed by atoms with Gasteiger partial charge in [-0.25, -0.2) is 14.8 Å².